The number of piperidine rings is 1. The second-order valence-electron chi connectivity index (χ2n) is 12.1. The molecule has 1 saturated heterocycles. The number of likely N-dealkylation sites (tertiary alicyclic amines) is 1. The molecule has 2 saturated carbocycles. The first kappa shape index (κ1) is 31.6. The van der Waals surface area contributed by atoms with Crippen molar-refractivity contribution in [3.8, 4) is 5.75 Å². The van der Waals surface area contributed by atoms with Crippen molar-refractivity contribution in [2.45, 2.75) is 69.5 Å². The van der Waals surface area contributed by atoms with E-state index in [1.807, 2.05) is 4.90 Å². The summed E-state index contributed by atoms with van der Waals surface area (Å²) in [6.07, 6.45) is -4.72. The Morgan fingerprint density at radius 2 is 1.81 bits per heavy atom. The molecule has 0 spiro atoms. The zero-order valence-electron chi connectivity index (χ0n) is 23.4. The van der Waals surface area contributed by atoms with Crippen LogP contribution in [0.15, 0.2) is 30.3 Å². The van der Waals surface area contributed by atoms with Crippen LogP contribution in [0.1, 0.15) is 72.0 Å². The maximum absolute atomic E-state index is 15.8. The monoisotopic (exact) mass is 631 g/mol. The van der Waals surface area contributed by atoms with Gasteiger partial charge in [0.2, 0.25) is 0 Å². The van der Waals surface area contributed by atoms with Gasteiger partial charge in [0, 0.05) is 42.6 Å². The van der Waals surface area contributed by atoms with Crippen LogP contribution in [0, 0.1) is 23.6 Å². The van der Waals surface area contributed by atoms with Crippen molar-refractivity contribution in [2.75, 3.05) is 19.7 Å². The Morgan fingerprint density at radius 1 is 1.14 bits per heavy atom. The fraction of sp³-hybridized carbons (Fsp3) is 0.548. The Balaban J connectivity index is 1.25. The summed E-state index contributed by atoms with van der Waals surface area (Å²) in [5, 5.41) is 9.77. The highest BCUT2D eigenvalue weighted by Gasteiger charge is 2.49. The number of carbonyl (C=O) groups is 2. The fourth-order valence-corrected chi connectivity index (χ4v) is 6.41. The molecule has 3 aliphatic rings. The molecule has 234 valence electrons. The SMILES string of the molecule is C[C@H]1[C@@H](F)CC(C(=O)c2cc(C3CC3)c(OCC3(F)CCN(Cc4cc(C(F)(F)F)ccc4Cl)CC3)cc2F)[C@@H]1C(=O)O. The molecular weight excluding hydrogens is 600 g/mol. The van der Waals surface area contributed by atoms with E-state index in [9.17, 15) is 32.3 Å². The summed E-state index contributed by atoms with van der Waals surface area (Å²) in [6, 6.07) is 5.47. The average molecular weight is 632 g/mol. The van der Waals surface area contributed by atoms with Crippen LogP contribution in [0.5, 0.6) is 5.75 Å². The van der Waals surface area contributed by atoms with Crippen LogP contribution < -0.4 is 4.74 Å². The third kappa shape index (κ3) is 6.82. The minimum atomic E-state index is -4.51. The first-order valence-electron chi connectivity index (χ1n) is 14.3. The van der Waals surface area contributed by atoms with Gasteiger partial charge in [-0.15, -0.1) is 0 Å². The van der Waals surface area contributed by atoms with Gasteiger partial charge >= 0.3 is 12.1 Å². The molecule has 2 aromatic rings. The van der Waals surface area contributed by atoms with Gasteiger partial charge in [-0.05, 0) is 73.4 Å². The zero-order chi connectivity index (χ0) is 31.3. The number of ether oxygens (including phenoxy) is 1. The molecule has 4 atom stereocenters. The number of halogens is 7. The number of carbonyl (C=O) groups excluding carboxylic acids is 1. The Morgan fingerprint density at radius 3 is 2.42 bits per heavy atom. The van der Waals surface area contributed by atoms with E-state index in [1.54, 1.807) is 0 Å². The first-order chi connectivity index (χ1) is 20.2. The molecule has 1 aliphatic heterocycles. The van der Waals surface area contributed by atoms with Crippen LogP contribution in [0.3, 0.4) is 0 Å². The smallest absolute Gasteiger partial charge is 0.416 e. The van der Waals surface area contributed by atoms with Crippen LogP contribution in [-0.2, 0) is 17.5 Å². The zero-order valence-corrected chi connectivity index (χ0v) is 24.2. The third-order valence-corrected chi connectivity index (χ3v) is 9.43. The van der Waals surface area contributed by atoms with E-state index in [4.69, 9.17) is 16.3 Å². The number of rotatable bonds is 9. The van der Waals surface area contributed by atoms with Gasteiger partial charge in [-0.3, -0.25) is 14.5 Å². The highest BCUT2D eigenvalue weighted by molar-refractivity contribution is 6.31. The maximum Gasteiger partial charge on any atom is 0.416 e. The number of carboxylic acid groups (broad SMARTS) is 1. The lowest BCUT2D eigenvalue weighted by Gasteiger charge is -2.36. The van der Waals surface area contributed by atoms with Gasteiger partial charge in [0.05, 0.1) is 17.0 Å². The highest BCUT2D eigenvalue weighted by atomic mass is 35.5. The normalized spacial score (nSPS) is 26.0. The summed E-state index contributed by atoms with van der Waals surface area (Å²) < 4.78 is 90.5. The van der Waals surface area contributed by atoms with Gasteiger partial charge in [-0.2, -0.15) is 13.2 Å². The second kappa shape index (κ2) is 12.0. The summed E-state index contributed by atoms with van der Waals surface area (Å²) in [4.78, 5) is 26.8. The first-order valence-corrected chi connectivity index (χ1v) is 14.7. The third-order valence-electron chi connectivity index (χ3n) is 9.06. The average Bonchev–Trinajstić information content (AvgIpc) is 3.73. The maximum atomic E-state index is 15.8. The van der Waals surface area contributed by atoms with Crippen molar-refractivity contribution < 1.29 is 45.8 Å². The molecule has 43 heavy (non-hydrogen) atoms. The minimum Gasteiger partial charge on any atom is -0.490 e. The van der Waals surface area contributed by atoms with Crippen LogP contribution in [0.25, 0.3) is 0 Å². The van der Waals surface area contributed by atoms with Crippen molar-refractivity contribution in [1.29, 1.82) is 0 Å². The van der Waals surface area contributed by atoms with Crippen molar-refractivity contribution in [2.24, 2.45) is 17.8 Å². The van der Waals surface area contributed by atoms with Gasteiger partial charge in [0.25, 0.3) is 0 Å². The molecule has 12 heteroatoms. The lowest BCUT2D eigenvalue weighted by Crippen LogP contribution is -2.44. The Labute approximate surface area is 250 Å². The number of nitrogens with zero attached hydrogens (tertiary/aromatic N) is 1. The molecule has 1 N–H and O–H groups in total. The van der Waals surface area contributed by atoms with Gasteiger partial charge < -0.3 is 9.84 Å². The van der Waals surface area contributed by atoms with E-state index in [2.05, 4.69) is 0 Å². The van der Waals surface area contributed by atoms with Crippen LogP contribution in [0.4, 0.5) is 26.3 Å². The molecule has 1 unspecified atom stereocenters. The number of alkyl halides is 5. The topological polar surface area (TPSA) is 66.8 Å². The van der Waals surface area contributed by atoms with Crippen LogP contribution in [-0.4, -0.2) is 53.3 Å². The van der Waals surface area contributed by atoms with Crippen molar-refractivity contribution in [3.05, 3.63) is 63.4 Å². The summed E-state index contributed by atoms with van der Waals surface area (Å²) in [5.41, 5.74) is -2.08. The molecule has 5 nitrogen and oxygen atoms in total. The fourth-order valence-electron chi connectivity index (χ4n) is 6.24. The van der Waals surface area contributed by atoms with Crippen molar-refractivity contribution >= 4 is 23.4 Å². The standard InChI is InChI=1S/C31H32ClF6NO4/c1-16-24(33)12-22(27(16)29(41)42)28(40)21-11-20(17-2-3-17)26(13-25(21)34)43-15-30(35)6-8-39(9-7-30)14-18-10-19(31(36,37)38)4-5-23(18)32/h4-5,10-11,13,16-17,22,24,27H,2-3,6-9,12,14-15H2,1H3,(H,41,42)/t16-,22?,24-,27+/m0/s1. The molecular formula is C31H32ClF6NO4. The van der Waals surface area contributed by atoms with Crippen molar-refractivity contribution in [1.82, 2.24) is 4.90 Å². The lowest BCUT2D eigenvalue weighted by molar-refractivity contribution is -0.144. The molecule has 0 amide bonds. The number of carboxylic acids is 1. The number of hydrogen-bond acceptors (Lipinski definition) is 4. The summed E-state index contributed by atoms with van der Waals surface area (Å²) >= 11 is 6.12. The van der Waals surface area contributed by atoms with E-state index in [-0.39, 0.29) is 67.8 Å². The van der Waals surface area contributed by atoms with E-state index in [0.717, 1.165) is 31.0 Å². The largest absolute Gasteiger partial charge is 0.490 e. The number of hydrogen-bond donors (Lipinski definition) is 1. The Hall–Kier alpha value is -2.79. The minimum absolute atomic E-state index is 0.0246. The second-order valence-corrected chi connectivity index (χ2v) is 12.5. The molecule has 0 radical (unpaired) electrons. The quantitative estimate of drug-likeness (QED) is 0.228. The van der Waals surface area contributed by atoms with Crippen LogP contribution >= 0.6 is 11.6 Å². The Bertz CT molecular complexity index is 1390. The lowest BCUT2D eigenvalue weighted by atomic mass is 9.84. The van der Waals surface area contributed by atoms with Gasteiger partial charge in [0.1, 0.15) is 30.0 Å². The Kier molecular flexibility index (Phi) is 8.79. The predicted molar refractivity (Wildman–Crippen MR) is 146 cm³/mol. The molecule has 2 aromatic carbocycles. The summed E-state index contributed by atoms with van der Waals surface area (Å²) in [7, 11) is 0. The van der Waals surface area contributed by atoms with Gasteiger partial charge in [-0.1, -0.05) is 18.5 Å². The number of ketones is 1. The van der Waals surface area contributed by atoms with E-state index >= 15 is 8.78 Å². The number of Topliss-reactive ketones (excluding diaryl/α,β-unsaturated/α-hetero) is 1. The predicted octanol–water partition coefficient (Wildman–Crippen LogP) is 7.64. The number of aliphatic carboxylic acids is 1. The molecule has 0 aromatic heterocycles. The highest BCUT2D eigenvalue weighted by Crippen LogP contribution is 2.47. The van der Waals surface area contributed by atoms with Gasteiger partial charge in [0.15, 0.2) is 5.78 Å². The van der Waals surface area contributed by atoms with Crippen LogP contribution in [0.2, 0.25) is 5.02 Å². The molecule has 1 heterocycles. The molecule has 5 rings (SSSR count). The van der Waals surface area contributed by atoms with Gasteiger partial charge in [-0.25, -0.2) is 13.2 Å². The molecule has 0 bridgehead atoms. The molecule has 2 aliphatic carbocycles. The van der Waals surface area contributed by atoms with Crippen molar-refractivity contribution in [3.63, 3.8) is 0 Å². The van der Waals surface area contributed by atoms with E-state index < -0.39 is 58.9 Å². The molecule has 3 fully saturated rings. The summed E-state index contributed by atoms with van der Waals surface area (Å²) in [6.45, 7) is 1.64. The van der Waals surface area contributed by atoms with E-state index in [0.29, 0.717) is 11.1 Å². The van der Waals surface area contributed by atoms with E-state index in [1.165, 1.54) is 19.1 Å². The summed E-state index contributed by atoms with van der Waals surface area (Å²) in [5.74, 6) is -6.26. The number of benzene rings is 2.